The zero-order chi connectivity index (χ0) is 9.68. The highest BCUT2D eigenvalue weighted by Gasteiger charge is 1.95. The Labute approximate surface area is 80.8 Å². The van der Waals surface area contributed by atoms with Crippen LogP contribution in [0.5, 0.6) is 0 Å². The Morgan fingerprint density at radius 1 is 1.38 bits per heavy atom. The molecule has 1 aromatic carbocycles. The van der Waals surface area contributed by atoms with E-state index >= 15 is 0 Å². The summed E-state index contributed by atoms with van der Waals surface area (Å²) in [5, 5.41) is 8.51. The van der Waals surface area contributed by atoms with Crippen LogP contribution in [-0.4, -0.2) is 0 Å². The lowest BCUT2D eigenvalue weighted by Gasteiger charge is -1.92. The Kier molecular flexibility index (Phi) is 3.31. The summed E-state index contributed by atoms with van der Waals surface area (Å²) < 4.78 is 12.7. The summed E-state index contributed by atoms with van der Waals surface area (Å²) in [7, 11) is 0. The van der Waals surface area contributed by atoms with Crippen LogP contribution >= 0.6 is 11.6 Å². The van der Waals surface area contributed by atoms with E-state index in [0.29, 0.717) is 10.6 Å². The van der Waals surface area contributed by atoms with Gasteiger partial charge in [-0.25, -0.2) is 4.39 Å². The first-order chi connectivity index (χ1) is 6.22. The molecular weight excluding hydrogens is 189 g/mol. The zero-order valence-corrected chi connectivity index (χ0v) is 7.40. The highest BCUT2D eigenvalue weighted by atomic mass is 35.5. The monoisotopic (exact) mass is 193 g/mol. The molecule has 0 unspecified atom stereocenters. The summed E-state index contributed by atoms with van der Waals surface area (Å²) in [5.74, 6) is 4.78. The van der Waals surface area contributed by atoms with Crippen LogP contribution in [0.15, 0.2) is 18.2 Å². The zero-order valence-electron chi connectivity index (χ0n) is 6.64. The largest absolute Gasteiger partial charge is 0.207 e. The van der Waals surface area contributed by atoms with Crippen molar-refractivity contribution in [2.75, 3.05) is 0 Å². The third-order valence-corrected chi connectivity index (χ3v) is 1.48. The van der Waals surface area contributed by atoms with Gasteiger partial charge in [-0.2, -0.15) is 5.26 Å². The molecule has 1 aromatic rings. The van der Waals surface area contributed by atoms with Gasteiger partial charge < -0.3 is 0 Å². The quantitative estimate of drug-likeness (QED) is 0.582. The lowest BCUT2D eigenvalue weighted by molar-refractivity contribution is 0.627. The Morgan fingerprint density at radius 2 is 2.15 bits per heavy atom. The van der Waals surface area contributed by atoms with E-state index in [-0.39, 0.29) is 6.42 Å². The van der Waals surface area contributed by atoms with Crippen molar-refractivity contribution >= 4 is 11.6 Å². The third kappa shape index (κ3) is 3.15. The fourth-order valence-electron chi connectivity index (χ4n) is 0.812. The molecule has 0 aliphatic carbocycles. The molecule has 0 aliphatic rings. The number of rotatable bonds is 0. The third-order valence-electron chi connectivity index (χ3n) is 1.26. The molecule has 0 aliphatic heterocycles. The number of halogens is 2. The van der Waals surface area contributed by atoms with Crippen LogP contribution in [0.2, 0.25) is 5.02 Å². The van der Waals surface area contributed by atoms with Crippen LogP contribution in [0, 0.1) is 29.0 Å². The lowest BCUT2D eigenvalue weighted by Crippen LogP contribution is -1.78. The number of hydrogen-bond donors (Lipinski definition) is 0. The molecule has 0 amide bonds. The second-order valence-electron chi connectivity index (χ2n) is 2.29. The van der Waals surface area contributed by atoms with Crippen LogP contribution in [0.3, 0.4) is 0 Å². The predicted molar refractivity (Wildman–Crippen MR) is 48.5 cm³/mol. The van der Waals surface area contributed by atoms with Crippen LogP contribution in [-0.2, 0) is 0 Å². The summed E-state index contributed by atoms with van der Waals surface area (Å²) in [6, 6.07) is 5.90. The second-order valence-corrected chi connectivity index (χ2v) is 2.73. The molecule has 0 saturated heterocycles. The molecule has 0 saturated carbocycles. The smallest absolute Gasteiger partial charge is 0.125 e. The van der Waals surface area contributed by atoms with Crippen molar-refractivity contribution in [2.24, 2.45) is 0 Å². The number of hydrogen-bond acceptors (Lipinski definition) is 1. The maximum Gasteiger partial charge on any atom is 0.125 e. The van der Waals surface area contributed by atoms with Crippen molar-refractivity contribution < 1.29 is 4.39 Å². The Bertz CT molecular complexity index is 389. The predicted octanol–water partition coefficient (Wildman–Crippen LogP) is 2.74. The highest BCUT2D eigenvalue weighted by molar-refractivity contribution is 6.30. The van der Waals surface area contributed by atoms with Gasteiger partial charge in [0.05, 0.1) is 12.5 Å². The Morgan fingerprint density at radius 3 is 2.77 bits per heavy atom. The van der Waals surface area contributed by atoms with E-state index in [2.05, 4.69) is 11.8 Å². The molecule has 0 heterocycles. The summed E-state index contributed by atoms with van der Waals surface area (Å²) in [6.45, 7) is 0. The molecule has 0 bridgehead atoms. The number of nitriles is 1. The maximum absolute atomic E-state index is 12.7. The lowest BCUT2D eigenvalue weighted by atomic mass is 10.2. The molecule has 0 N–H and O–H groups in total. The minimum atomic E-state index is -0.422. The first kappa shape index (κ1) is 9.58. The molecule has 3 heteroatoms. The number of nitrogens with zero attached hydrogens (tertiary/aromatic N) is 1. The fourth-order valence-corrected chi connectivity index (χ4v) is 1.03. The van der Waals surface area contributed by atoms with E-state index in [1.165, 1.54) is 12.1 Å². The van der Waals surface area contributed by atoms with Gasteiger partial charge in [-0.1, -0.05) is 23.4 Å². The highest BCUT2D eigenvalue weighted by Crippen LogP contribution is 2.12. The standard InChI is InChI=1S/C10H5ClFN/c11-9-5-8(3-1-2-4-13)6-10(12)7-9/h5-7H,2H2. The van der Waals surface area contributed by atoms with Gasteiger partial charge in [0.2, 0.25) is 0 Å². The normalized spacial score (nSPS) is 8.38. The topological polar surface area (TPSA) is 23.8 Å². The van der Waals surface area contributed by atoms with E-state index in [4.69, 9.17) is 16.9 Å². The Hall–Kier alpha value is -1.51. The van der Waals surface area contributed by atoms with Crippen molar-refractivity contribution in [3.05, 3.63) is 34.6 Å². The van der Waals surface area contributed by atoms with Gasteiger partial charge in [0.1, 0.15) is 5.82 Å². The van der Waals surface area contributed by atoms with Gasteiger partial charge in [-0.3, -0.25) is 0 Å². The average molecular weight is 194 g/mol. The molecule has 0 fully saturated rings. The van der Waals surface area contributed by atoms with E-state index < -0.39 is 5.82 Å². The average Bonchev–Trinajstić information content (AvgIpc) is 2.03. The first-order valence-electron chi connectivity index (χ1n) is 3.54. The van der Waals surface area contributed by atoms with Gasteiger partial charge in [0, 0.05) is 10.6 Å². The molecule has 64 valence electrons. The van der Waals surface area contributed by atoms with E-state index in [9.17, 15) is 4.39 Å². The second kappa shape index (κ2) is 4.50. The fraction of sp³-hybridized carbons (Fsp3) is 0.100. The van der Waals surface area contributed by atoms with Crippen molar-refractivity contribution in [3.8, 4) is 17.9 Å². The minimum absolute atomic E-state index is 0.133. The maximum atomic E-state index is 12.7. The molecule has 13 heavy (non-hydrogen) atoms. The van der Waals surface area contributed by atoms with Crippen molar-refractivity contribution in [3.63, 3.8) is 0 Å². The van der Waals surface area contributed by atoms with Crippen LogP contribution in [0.25, 0.3) is 0 Å². The summed E-state index contributed by atoms with van der Waals surface area (Å²) in [6.07, 6.45) is 0.133. The van der Waals surface area contributed by atoms with Crippen molar-refractivity contribution in [2.45, 2.75) is 6.42 Å². The van der Waals surface area contributed by atoms with Crippen LogP contribution < -0.4 is 0 Å². The molecule has 1 nitrogen and oxygen atoms in total. The van der Waals surface area contributed by atoms with Crippen molar-refractivity contribution in [1.82, 2.24) is 0 Å². The van der Waals surface area contributed by atoms with E-state index in [1.54, 1.807) is 6.07 Å². The van der Waals surface area contributed by atoms with Gasteiger partial charge in [0.25, 0.3) is 0 Å². The summed E-state index contributed by atoms with van der Waals surface area (Å²) in [4.78, 5) is 0. The van der Waals surface area contributed by atoms with Gasteiger partial charge >= 0.3 is 0 Å². The summed E-state index contributed by atoms with van der Waals surface area (Å²) >= 11 is 5.59. The number of benzene rings is 1. The van der Waals surface area contributed by atoms with Crippen molar-refractivity contribution in [1.29, 1.82) is 5.26 Å². The molecule has 0 aromatic heterocycles. The minimum Gasteiger partial charge on any atom is -0.207 e. The van der Waals surface area contributed by atoms with Crippen LogP contribution in [0.4, 0.5) is 4.39 Å². The van der Waals surface area contributed by atoms with Gasteiger partial charge in [0.15, 0.2) is 0 Å². The SMILES string of the molecule is N#CCC#Cc1cc(F)cc(Cl)c1. The molecule has 1 rings (SSSR count). The van der Waals surface area contributed by atoms with Gasteiger partial charge in [-0.05, 0) is 18.2 Å². The van der Waals surface area contributed by atoms with Crippen LogP contribution in [0.1, 0.15) is 12.0 Å². The van der Waals surface area contributed by atoms with E-state index in [0.717, 1.165) is 0 Å². The molecule has 0 atom stereocenters. The van der Waals surface area contributed by atoms with E-state index in [1.807, 2.05) is 6.07 Å². The molecular formula is C10H5ClFN. The van der Waals surface area contributed by atoms with Gasteiger partial charge in [-0.15, -0.1) is 0 Å². The first-order valence-corrected chi connectivity index (χ1v) is 3.92. The molecule has 0 spiro atoms. The summed E-state index contributed by atoms with van der Waals surface area (Å²) in [5.41, 5.74) is 0.486. The Balaban J connectivity index is 2.92. The molecule has 0 radical (unpaired) electrons.